The highest BCUT2D eigenvalue weighted by molar-refractivity contribution is 5.39. The first kappa shape index (κ1) is 14.9. The van der Waals surface area contributed by atoms with E-state index < -0.39 is 0 Å². The van der Waals surface area contributed by atoms with Gasteiger partial charge in [-0.1, -0.05) is 19.1 Å². The van der Waals surface area contributed by atoms with Crippen molar-refractivity contribution in [3.8, 4) is 5.75 Å². The standard InChI is InChI=1S/C18H27NO2/c1-14-4-8-18(13-19,9-5-14)21-11-6-15-2-3-17-16(12-15)7-10-20-17/h2-3,12,14H,4-11,13,19H2,1H3. The summed E-state index contributed by atoms with van der Waals surface area (Å²) >= 11 is 0. The maximum atomic E-state index is 6.24. The Hall–Kier alpha value is -1.06. The first-order valence-electron chi connectivity index (χ1n) is 8.29. The minimum absolute atomic E-state index is 0.0631. The Bertz CT molecular complexity index is 478. The lowest BCUT2D eigenvalue weighted by Crippen LogP contribution is -2.44. The van der Waals surface area contributed by atoms with Gasteiger partial charge in [-0.25, -0.2) is 0 Å². The van der Waals surface area contributed by atoms with Crippen molar-refractivity contribution < 1.29 is 9.47 Å². The van der Waals surface area contributed by atoms with Gasteiger partial charge in [0.25, 0.3) is 0 Å². The molecular weight excluding hydrogens is 262 g/mol. The van der Waals surface area contributed by atoms with E-state index in [1.54, 1.807) is 0 Å². The van der Waals surface area contributed by atoms with Crippen molar-refractivity contribution in [1.29, 1.82) is 0 Å². The van der Waals surface area contributed by atoms with E-state index >= 15 is 0 Å². The van der Waals surface area contributed by atoms with Crippen molar-refractivity contribution in [2.24, 2.45) is 11.7 Å². The molecule has 1 aromatic rings. The molecule has 1 saturated carbocycles. The van der Waals surface area contributed by atoms with Crippen LogP contribution in [0.25, 0.3) is 0 Å². The van der Waals surface area contributed by atoms with Crippen LogP contribution in [0.3, 0.4) is 0 Å². The molecule has 0 spiro atoms. The molecule has 0 amide bonds. The fourth-order valence-electron chi connectivity index (χ4n) is 3.48. The Balaban J connectivity index is 1.53. The maximum Gasteiger partial charge on any atom is 0.122 e. The SMILES string of the molecule is CC1CCC(CN)(OCCc2ccc3c(c2)CCO3)CC1. The summed E-state index contributed by atoms with van der Waals surface area (Å²) in [7, 11) is 0. The summed E-state index contributed by atoms with van der Waals surface area (Å²) < 4.78 is 11.8. The summed E-state index contributed by atoms with van der Waals surface area (Å²) in [6.45, 7) is 4.57. The molecule has 21 heavy (non-hydrogen) atoms. The molecule has 1 aliphatic carbocycles. The number of hydrogen-bond acceptors (Lipinski definition) is 3. The third-order valence-electron chi connectivity index (χ3n) is 5.11. The van der Waals surface area contributed by atoms with Crippen LogP contribution in [-0.2, 0) is 17.6 Å². The highest BCUT2D eigenvalue weighted by Crippen LogP contribution is 2.34. The van der Waals surface area contributed by atoms with Crippen LogP contribution in [0.1, 0.15) is 43.7 Å². The van der Waals surface area contributed by atoms with Crippen LogP contribution >= 0.6 is 0 Å². The smallest absolute Gasteiger partial charge is 0.122 e. The van der Waals surface area contributed by atoms with Gasteiger partial charge in [0.2, 0.25) is 0 Å². The van der Waals surface area contributed by atoms with Crippen LogP contribution in [0.4, 0.5) is 0 Å². The molecule has 3 rings (SSSR count). The first-order valence-corrected chi connectivity index (χ1v) is 8.29. The van der Waals surface area contributed by atoms with Crippen LogP contribution in [0, 0.1) is 5.92 Å². The summed E-state index contributed by atoms with van der Waals surface area (Å²) in [5, 5.41) is 0. The molecule has 0 atom stereocenters. The maximum absolute atomic E-state index is 6.24. The van der Waals surface area contributed by atoms with Gasteiger partial charge in [-0.15, -0.1) is 0 Å². The lowest BCUT2D eigenvalue weighted by atomic mass is 9.79. The van der Waals surface area contributed by atoms with Crippen LogP contribution < -0.4 is 10.5 Å². The fraction of sp³-hybridized carbons (Fsp3) is 0.667. The van der Waals surface area contributed by atoms with E-state index in [0.29, 0.717) is 6.54 Å². The Kier molecular flexibility index (Phi) is 4.51. The minimum Gasteiger partial charge on any atom is -0.493 e. The van der Waals surface area contributed by atoms with Gasteiger partial charge in [-0.3, -0.25) is 0 Å². The van der Waals surface area contributed by atoms with Gasteiger partial charge >= 0.3 is 0 Å². The molecular formula is C18H27NO2. The normalized spacial score (nSPS) is 28.2. The van der Waals surface area contributed by atoms with E-state index in [0.717, 1.165) is 50.6 Å². The van der Waals surface area contributed by atoms with Crippen molar-refractivity contribution in [3.63, 3.8) is 0 Å². The van der Waals surface area contributed by atoms with E-state index in [1.165, 1.54) is 24.0 Å². The van der Waals surface area contributed by atoms with Gasteiger partial charge in [-0.05, 0) is 55.2 Å². The summed E-state index contributed by atoms with van der Waals surface area (Å²) in [5.74, 6) is 1.88. The quantitative estimate of drug-likeness (QED) is 0.906. The zero-order valence-electron chi connectivity index (χ0n) is 13.1. The molecule has 1 aliphatic heterocycles. The second kappa shape index (κ2) is 6.37. The van der Waals surface area contributed by atoms with Crippen LogP contribution in [0.15, 0.2) is 18.2 Å². The van der Waals surface area contributed by atoms with Crippen molar-refractivity contribution in [2.75, 3.05) is 19.8 Å². The van der Waals surface area contributed by atoms with Crippen LogP contribution in [0.5, 0.6) is 5.75 Å². The monoisotopic (exact) mass is 289 g/mol. The molecule has 0 saturated heterocycles. The summed E-state index contributed by atoms with van der Waals surface area (Å²) in [6, 6.07) is 6.52. The number of hydrogen-bond donors (Lipinski definition) is 1. The predicted octanol–water partition coefficient (Wildman–Crippen LogP) is 3.09. The number of benzene rings is 1. The number of ether oxygens (including phenoxy) is 2. The lowest BCUT2D eigenvalue weighted by Gasteiger charge is -2.38. The van der Waals surface area contributed by atoms with E-state index in [2.05, 4.69) is 25.1 Å². The molecule has 3 heteroatoms. The third kappa shape index (κ3) is 3.41. The number of fused-ring (bicyclic) bond motifs is 1. The zero-order chi connectivity index (χ0) is 14.7. The molecule has 0 aromatic heterocycles. The molecule has 3 nitrogen and oxygen atoms in total. The van der Waals surface area contributed by atoms with E-state index in [-0.39, 0.29) is 5.60 Å². The Morgan fingerprint density at radius 2 is 2.14 bits per heavy atom. The molecule has 116 valence electrons. The number of nitrogens with two attached hydrogens (primary N) is 1. The van der Waals surface area contributed by atoms with Crippen LogP contribution in [-0.4, -0.2) is 25.4 Å². The summed E-state index contributed by atoms with van der Waals surface area (Å²) in [5.41, 5.74) is 8.62. The molecule has 0 bridgehead atoms. The van der Waals surface area contributed by atoms with E-state index in [9.17, 15) is 0 Å². The molecule has 0 radical (unpaired) electrons. The highest BCUT2D eigenvalue weighted by atomic mass is 16.5. The molecule has 1 heterocycles. The largest absolute Gasteiger partial charge is 0.493 e. The average molecular weight is 289 g/mol. The molecule has 2 aliphatic rings. The average Bonchev–Trinajstić information content (AvgIpc) is 2.97. The third-order valence-corrected chi connectivity index (χ3v) is 5.11. The zero-order valence-corrected chi connectivity index (χ0v) is 13.1. The van der Waals surface area contributed by atoms with Gasteiger partial charge in [-0.2, -0.15) is 0 Å². The Morgan fingerprint density at radius 1 is 1.33 bits per heavy atom. The van der Waals surface area contributed by atoms with Crippen molar-refractivity contribution in [3.05, 3.63) is 29.3 Å². The minimum atomic E-state index is -0.0631. The Labute approximate surface area is 127 Å². The Morgan fingerprint density at radius 3 is 2.90 bits per heavy atom. The lowest BCUT2D eigenvalue weighted by molar-refractivity contribution is -0.0688. The van der Waals surface area contributed by atoms with Crippen LogP contribution in [0.2, 0.25) is 0 Å². The highest BCUT2D eigenvalue weighted by Gasteiger charge is 2.33. The molecule has 1 aromatic carbocycles. The van der Waals surface area contributed by atoms with Gasteiger partial charge in [0.1, 0.15) is 5.75 Å². The van der Waals surface area contributed by atoms with Crippen molar-refractivity contribution >= 4 is 0 Å². The molecule has 1 fully saturated rings. The van der Waals surface area contributed by atoms with Crippen molar-refractivity contribution in [1.82, 2.24) is 0 Å². The fourth-order valence-corrected chi connectivity index (χ4v) is 3.48. The summed E-state index contributed by atoms with van der Waals surface area (Å²) in [6.07, 6.45) is 6.71. The van der Waals surface area contributed by atoms with Gasteiger partial charge in [0.05, 0.1) is 18.8 Å². The van der Waals surface area contributed by atoms with Gasteiger partial charge in [0.15, 0.2) is 0 Å². The molecule has 2 N–H and O–H groups in total. The van der Waals surface area contributed by atoms with Gasteiger partial charge in [0, 0.05) is 13.0 Å². The number of rotatable bonds is 5. The van der Waals surface area contributed by atoms with E-state index in [4.69, 9.17) is 15.2 Å². The predicted molar refractivity (Wildman–Crippen MR) is 84.7 cm³/mol. The molecule has 0 unspecified atom stereocenters. The van der Waals surface area contributed by atoms with Crippen molar-refractivity contribution in [2.45, 2.75) is 51.0 Å². The summed E-state index contributed by atoms with van der Waals surface area (Å²) in [4.78, 5) is 0. The van der Waals surface area contributed by atoms with E-state index in [1.807, 2.05) is 0 Å². The topological polar surface area (TPSA) is 44.5 Å². The first-order chi connectivity index (χ1) is 10.2. The van der Waals surface area contributed by atoms with Gasteiger partial charge < -0.3 is 15.2 Å². The second-order valence-corrected chi connectivity index (χ2v) is 6.71. The second-order valence-electron chi connectivity index (χ2n) is 6.71.